The van der Waals surface area contributed by atoms with E-state index in [1.165, 1.54) is 36.4 Å². The van der Waals surface area contributed by atoms with Crippen molar-refractivity contribution < 1.29 is 22.7 Å². The van der Waals surface area contributed by atoms with Crippen LogP contribution in [0.4, 0.5) is 5.69 Å². The molecule has 2 aromatic rings. The van der Waals surface area contributed by atoms with E-state index in [4.69, 9.17) is 4.74 Å². The lowest BCUT2D eigenvalue weighted by molar-refractivity contribution is -0.125. The van der Waals surface area contributed by atoms with E-state index in [9.17, 15) is 18.0 Å². The molecular formula is C20H25N3O5S. The first-order valence-corrected chi connectivity index (χ1v) is 10.7. The van der Waals surface area contributed by atoms with Crippen molar-refractivity contribution in [2.75, 3.05) is 11.3 Å². The van der Waals surface area contributed by atoms with Gasteiger partial charge in [0.05, 0.1) is 11.5 Å². The highest BCUT2D eigenvalue weighted by atomic mass is 32.2. The monoisotopic (exact) mass is 419 g/mol. The van der Waals surface area contributed by atoms with Gasteiger partial charge in [0.1, 0.15) is 5.75 Å². The Bertz CT molecular complexity index is 941. The van der Waals surface area contributed by atoms with E-state index in [0.29, 0.717) is 24.5 Å². The van der Waals surface area contributed by atoms with Crippen LogP contribution in [0.25, 0.3) is 0 Å². The summed E-state index contributed by atoms with van der Waals surface area (Å²) in [5, 5.41) is 0. The van der Waals surface area contributed by atoms with Crippen molar-refractivity contribution in [3.8, 4) is 5.75 Å². The third kappa shape index (κ3) is 6.21. The molecule has 2 rings (SSSR count). The van der Waals surface area contributed by atoms with E-state index in [1.807, 2.05) is 13.8 Å². The van der Waals surface area contributed by atoms with E-state index in [0.717, 1.165) is 0 Å². The third-order valence-electron chi connectivity index (χ3n) is 4.20. The van der Waals surface area contributed by atoms with E-state index >= 15 is 0 Å². The second-order valence-corrected chi connectivity index (χ2v) is 8.02. The number of hydrogen-bond donors (Lipinski definition) is 3. The van der Waals surface area contributed by atoms with Gasteiger partial charge in [-0.1, -0.05) is 13.8 Å². The molecule has 29 heavy (non-hydrogen) atoms. The zero-order chi connectivity index (χ0) is 21.4. The van der Waals surface area contributed by atoms with Crippen molar-refractivity contribution in [2.45, 2.75) is 32.1 Å². The Morgan fingerprint density at radius 3 is 2.14 bits per heavy atom. The van der Waals surface area contributed by atoms with Crippen LogP contribution in [0.3, 0.4) is 0 Å². The van der Waals surface area contributed by atoms with Gasteiger partial charge in [-0.15, -0.1) is 0 Å². The van der Waals surface area contributed by atoms with Crippen LogP contribution in [0.2, 0.25) is 0 Å². The first kappa shape index (κ1) is 22.2. The molecule has 0 aromatic heterocycles. The molecule has 0 saturated carbocycles. The molecular weight excluding hydrogens is 394 g/mol. The van der Waals surface area contributed by atoms with Crippen LogP contribution in [0.1, 0.15) is 37.6 Å². The molecule has 1 unspecified atom stereocenters. The molecule has 3 N–H and O–H groups in total. The molecule has 0 aliphatic heterocycles. The fourth-order valence-corrected chi connectivity index (χ4v) is 3.34. The van der Waals surface area contributed by atoms with Crippen molar-refractivity contribution in [1.82, 2.24) is 10.9 Å². The van der Waals surface area contributed by atoms with Crippen LogP contribution in [-0.2, 0) is 14.8 Å². The maximum Gasteiger partial charge on any atom is 0.269 e. The van der Waals surface area contributed by atoms with Crippen molar-refractivity contribution >= 4 is 27.5 Å². The number of carbonyl (C=O) groups is 2. The normalized spacial score (nSPS) is 12.0. The van der Waals surface area contributed by atoms with Crippen molar-refractivity contribution in [2.24, 2.45) is 5.92 Å². The quantitative estimate of drug-likeness (QED) is 0.569. The molecule has 156 valence electrons. The van der Waals surface area contributed by atoms with Gasteiger partial charge in [-0.2, -0.15) is 0 Å². The molecule has 0 saturated heterocycles. The number of nitrogens with one attached hydrogen (secondary N) is 3. The smallest absolute Gasteiger partial charge is 0.269 e. The lowest BCUT2D eigenvalue weighted by atomic mass is 10.1. The molecule has 0 bridgehead atoms. The lowest BCUT2D eigenvalue weighted by Gasteiger charge is -2.12. The molecule has 0 fully saturated rings. The Hall–Kier alpha value is -3.07. The number of amides is 2. The fourth-order valence-electron chi connectivity index (χ4n) is 2.28. The van der Waals surface area contributed by atoms with Crippen LogP contribution < -0.4 is 20.3 Å². The standard InChI is InChI=1S/C20H25N3O5S/c1-4-14(3)19(24)21-22-20(25)15-6-8-16(9-7-15)23-29(26,27)18-12-10-17(11-13-18)28-5-2/h6-14,23H,4-5H2,1-3H3,(H,21,24)(H,22,25). The summed E-state index contributed by atoms with van der Waals surface area (Å²) in [4.78, 5) is 23.9. The Labute approximate surface area is 170 Å². The number of rotatable bonds is 8. The summed E-state index contributed by atoms with van der Waals surface area (Å²) < 4.78 is 32.7. The Balaban J connectivity index is 2.00. The largest absolute Gasteiger partial charge is 0.494 e. The molecule has 1 atom stereocenters. The predicted octanol–water partition coefficient (Wildman–Crippen LogP) is 2.69. The highest BCUT2D eigenvalue weighted by Crippen LogP contribution is 2.19. The molecule has 2 aromatic carbocycles. The van der Waals surface area contributed by atoms with Crippen molar-refractivity contribution in [3.63, 3.8) is 0 Å². The highest BCUT2D eigenvalue weighted by molar-refractivity contribution is 7.92. The summed E-state index contributed by atoms with van der Waals surface area (Å²) in [7, 11) is -3.78. The van der Waals surface area contributed by atoms with Gasteiger partial charge in [-0.05, 0) is 61.9 Å². The number of hydrazine groups is 1. The van der Waals surface area contributed by atoms with Gasteiger partial charge in [0.2, 0.25) is 5.91 Å². The van der Waals surface area contributed by atoms with Gasteiger partial charge in [-0.3, -0.25) is 25.2 Å². The van der Waals surface area contributed by atoms with E-state index in [-0.39, 0.29) is 22.3 Å². The Morgan fingerprint density at radius 2 is 1.59 bits per heavy atom. The average molecular weight is 420 g/mol. The number of carbonyl (C=O) groups excluding carboxylic acids is 2. The van der Waals surface area contributed by atoms with Gasteiger partial charge >= 0.3 is 0 Å². The van der Waals surface area contributed by atoms with Crippen LogP contribution in [0.5, 0.6) is 5.75 Å². The summed E-state index contributed by atoms with van der Waals surface area (Å²) in [5.74, 6) is -0.403. The van der Waals surface area contributed by atoms with Crippen LogP contribution in [0.15, 0.2) is 53.4 Å². The third-order valence-corrected chi connectivity index (χ3v) is 5.60. The number of sulfonamides is 1. The zero-order valence-electron chi connectivity index (χ0n) is 16.6. The lowest BCUT2D eigenvalue weighted by Crippen LogP contribution is -2.43. The molecule has 0 aliphatic carbocycles. The minimum absolute atomic E-state index is 0.0931. The van der Waals surface area contributed by atoms with Crippen molar-refractivity contribution in [3.05, 3.63) is 54.1 Å². The maximum absolute atomic E-state index is 12.5. The molecule has 0 heterocycles. The van der Waals surface area contributed by atoms with Crippen LogP contribution >= 0.6 is 0 Å². The number of hydrogen-bond acceptors (Lipinski definition) is 5. The van der Waals surface area contributed by atoms with Gasteiger partial charge in [0.15, 0.2) is 0 Å². The van der Waals surface area contributed by atoms with Crippen LogP contribution in [0, 0.1) is 5.92 Å². The minimum Gasteiger partial charge on any atom is -0.494 e. The van der Waals surface area contributed by atoms with Crippen LogP contribution in [-0.4, -0.2) is 26.8 Å². The zero-order valence-corrected chi connectivity index (χ0v) is 17.4. The number of benzene rings is 2. The van der Waals surface area contributed by atoms with Crippen molar-refractivity contribution in [1.29, 1.82) is 0 Å². The summed E-state index contributed by atoms with van der Waals surface area (Å²) >= 11 is 0. The van der Waals surface area contributed by atoms with E-state index < -0.39 is 15.9 Å². The second-order valence-electron chi connectivity index (χ2n) is 6.34. The van der Waals surface area contributed by atoms with Gasteiger partial charge in [0, 0.05) is 17.2 Å². The van der Waals surface area contributed by atoms with Gasteiger partial charge in [0.25, 0.3) is 15.9 Å². The topological polar surface area (TPSA) is 114 Å². The molecule has 0 aliphatic rings. The molecule has 0 spiro atoms. The second kappa shape index (κ2) is 9.92. The summed E-state index contributed by atoms with van der Waals surface area (Å²) in [5.41, 5.74) is 5.27. The molecule has 9 heteroatoms. The summed E-state index contributed by atoms with van der Waals surface area (Å²) in [6, 6.07) is 11.9. The Kier molecular flexibility index (Phi) is 7.60. The number of ether oxygens (including phenoxy) is 1. The van der Waals surface area contributed by atoms with Gasteiger partial charge < -0.3 is 4.74 Å². The van der Waals surface area contributed by atoms with E-state index in [1.54, 1.807) is 19.1 Å². The molecule has 8 nitrogen and oxygen atoms in total. The average Bonchev–Trinajstić information content (AvgIpc) is 2.72. The number of anilines is 1. The SMILES string of the molecule is CCOc1ccc(S(=O)(=O)Nc2ccc(C(=O)NNC(=O)C(C)CC)cc2)cc1. The molecule has 0 radical (unpaired) electrons. The molecule has 2 amide bonds. The minimum atomic E-state index is -3.78. The summed E-state index contributed by atoms with van der Waals surface area (Å²) in [6.45, 7) is 5.97. The first-order valence-electron chi connectivity index (χ1n) is 9.22. The predicted molar refractivity (Wildman–Crippen MR) is 110 cm³/mol. The maximum atomic E-state index is 12.5. The van der Waals surface area contributed by atoms with E-state index in [2.05, 4.69) is 15.6 Å². The highest BCUT2D eigenvalue weighted by Gasteiger charge is 2.15. The Morgan fingerprint density at radius 1 is 0.966 bits per heavy atom. The summed E-state index contributed by atoms with van der Waals surface area (Å²) in [6.07, 6.45) is 0.658. The van der Waals surface area contributed by atoms with Gasteiger partial charge in [-0.25, -0.2) is 8.42 Å². The fraction of sp³-hybridized carbons (Fsp3) is 0.300. The first-order chi connectivity index (χ1) is 13.8.